The summed E-state index contributed by atoms with van der Waals surface area (Å²) in [6.45, 7) is 4.27. The van der Waals surface area contributed by atoms with Gasteiger partial charge < -0.3 is 14.6 Å². The molecule has 0 bridgehead atoms. The highest BCUT2D eigenvalue weighted by Crippen LogP contribution is 2.17. The van der Waals surface area contributed by atoms with E-state index in [0.717, 1.165) is 0 Å². The molecule has 1 amide bonds. The van der Waals surface area contributed by atoms with E-state index in [-0.39, 0.29) is 23.7 Å². The van der Waals surface area contributed by atoms with E-state index in [1.165, 1.54) is 9.13 Å². The second-order valence-corrected chi connectivity index (χ2v) is 6.04. The Labute approximate surface area is 155 Å². The maximum absolute atomic E-state index is 12.6. The van der Waals surface area contributed by atoms with Crippen LogP contribution in [0.5, 0.6) is 5.75 Å². The van der Waals surface area contributed by atoms with Crippen LogP contribution < -0.4 is 21.3 Å². The van der Waals surface area contributed by atoms with Crippen LogP contribution in [-0.2, 0) is 24.4 Å². The molecule has 0 atom stereocenters. The predicted molar refractivity (Wildman–Crippen MR) is 103 cm³/mol. The zero-order valence-corrected chi connectivity index (χ0v) is 15.6. The number of nitrogens with one attached hydrogen (secondary N) is 1. The number of anilines is 1. The molecule has 3 aromatic rings. The van der Waals surface area contributed by atoms with Crippen LogP contribution in [0.4, 0.5) is 5.69 Å². The van der Waals surface area contributed by atoms with Gasteiger partial charge in [-0.15, -0.1) is 0 Å². The van der Waals surface area contributed by atoms with Gasteiger partial charge in [0.05, 0.1) is 12.5 Å². The van der Waals surface area contributed by atoms with Gasteiger partial charge >= 0.3 is 5.69 Å². The monoisotopic (exact) mass is 370 g/mol. The highest BCUT2D eigenvalue weighted by molar-refractivity contribution is 5.91. The van der Waals surface area contributed by atoms with Gasteiger partial charge in [0.15, 0.2) is 0 Å². The Balaban J connectivity index is 1.96. The fraction of sp³-hybridized carbons (Fsp3) is 0.316. The number of hydrogen-bond acceptors (Lipinski definition) is 4. The maximum atomic E-state index is 12.6. The van der Waals surface area contributed by atoms with E-state index in [9.17, 15) is 14.4 Å². The van der Waals surface area contributed by atoms with E-state index >= 15 is 0 Å². The van der Waals surface area contributed by atoms with Crippen molar-refractivity contribution in [3.8, 4) is 5.75 Å². The van der Waals surface area contributed by atoms with Crippen molar-refractivity contribution in [1.29, 1.82) is 0 Å². The molecule has 8 heteroatoms. The van der Waals surface area contributed by atoms with Crippen molar-refractivity contribution in [3.05, 3.63) is 57.4 Å². The SMILES string of the molecule is CCn1c(=O)c2ccn(CC(=O)Nc3cccc(OC)c3)c2n(CC)c1=O. The number of aryl methyl sites for hydroxylation is 1. The number of hydrogen-bond donors (Lipinski definition) is 1. The zero-order valence-electron chi connectivity index (χ0n) is 15.6. The highest BCUT2D eigenvalue weighted by atomic mass is 16.5. The van der Waals surface area contributed by atoms with E-state index in [2.05, 4.69) is 5.32 Å². The summed E-state index contributed by atoms with van der Waals surface area (Å²) in [6, 6.07) is 8.69. The molecule has 0 radical (unpaired) electrons. The largest absolute Gasteiger partial charge is 0.497 e. The lowest BCUT2D eigenvalue weighted by Gasteiger charge is -2.13. The Morgan fingerprint density at radius 3 is 2.52 bits per heavy atom. The van der Waals surface area contributed by atoms with E-state index in [1.54, 1.807) is 55.1 Å². The molecule has 0 unspecified atom stereocenters. The van der Waals surface area contributed by atoms with Crippen LogP contribution in [0.3, 0.4) is 0 Å². The number of ether oxygens (including phenoxy) is 1. The van der Waals surface area contributed by atoms with Gasteiger partial charge in [-0.05, 0) is 32.0 Å². The molecule has 1 aromatic carbocycles. The lowest BCUT2D eigenvalue weighted by molar-refractivity contribution is -0.116. The summed E-state index contributed by atoms with van der Waals surface area (Å²) in [5.41, 5.74) is 0.356. The first-order chi connectivity index (χ1) is 13.0. The summed E-state index contributed by atoms with van der Waals surface area (Å²) < 4.78 is 9.48. The number of benzene rings is 1. The number of fused-ring (bicyclic) bond motifs is 1. The average molecular weight is 370 g/mol. The molecule has 2 heterocycles. The molecule has 0 saturated carbocycles. The van der Waals surface area contributed by atoms with Gasteiger partial charge in [-0.25, -0.2) is 4.79 Å². The summed E-state index contributed by atoms with van der Waals surface area (Å²) in [6.07, 6.45) is 1.66. The molecule has 0 spiro atoms. The average Bonchev–Trinajstić information content (AvgIpc) is 3.06. The molecular formula is C19H22N4O4. The molecule has 142 valence electrons. The van der Waals surface area contributed by atoms with Crippen molar-refractivity contribution in [2.24, 2.45) is 0 Å². The molecule has 2 aromatic heterocycles. The van der Waals surface area contributed by atoms with Crippen molar-refractivity contribution >= 4 is 22.6 Å². The van der Waals surface area contributed by atoms with Crippen molar-refractivity contribution in [2.75, 3.05) is 12.4 Å². The molecule has 0 fully saturated rings. The van der Waals surface area contributed by atoms with Crippen LogP contribution in [0, 0.1) is 0 Å². The van der Waals surface area contributed by atoms with E-state index in [0.29, 0.717) is 35.6 Å². The van der Waals surface area contributed by atoms with Crippen molar-refractivity contribution in [2.45, 2.75) is 33.5 Å². The Kier molecular flexibility index (Phi) is 5.16. The summed E-state index contributed by atoms with van der Waals surface area (Å²) in [4.78, 5) is 37.6. The second-order valence-electron chi connectivity index (χ2n) is 6.04. The number of carbonyl (C=O) groups excluding carboxylic acids is 1. The number of nitrogens with zero attached hydrogens (tertiary/aromatic N) is 3. The van der Waals surface area contributed by atoms with Gasteiger partial charge in [0.2, 0.25) is 5.91 Å². The minimum atomic E-state index is -0.370. The van der Waals surface area contributed by atoms with Gasteiger partial charge in [0, 0.05) is 31.0 Å². The minimum Gasteiger partial charge on any atom is -0.497 e. The van der Waals surface area contributed by atoms with Gasteiger partial charge in [0.1, 0.15) is 17.9 Å². The summed E-state index contributed by atoms with van der Waals surface area (Å²) in [7, 11) is 1.56. The molecule has 0 aliphatic carbocycles. The van der Waals surface area contributed by atoms with Crippen LogP contribution in [0.25, 0.3) is 11.0 Å². The molecular weight excluding hydrogens is 348 g/mol. The molecule has 27 heavy (non-hydrogen) atoms. The van der Waals surface area contributed by atoms with Crippen molar-refractivity contribution in [3.63, 3.8) is 0 Å². The van der Waals surface area contributed by atoms with Crippen LogP contribution in [0.15, 0.2) is 46.1 Å². The molecule has 0 aliphatic rings. The van der Waals surface area contributed by atoms with Crippen molar-refractivity contribution < 1.29 is 9.53 Å². The molecule has 0 saturated heterocycles. The van der Waals surface area contributed by atoms with E-state index in [4.69, 9.17) is 4.74 Å². The Bertz CT molecular complexity index is 1110. The third kappa shape index (κ3) is 3.38. The number of methoxy groups -OCH3 is 1. The lowest BCUT2D eigenvalue weighted by Crippen LogP contribution is -2.39. The summed E-state index contributed by atoms with van der Waals surface area (Å²) in [5.74, 6) is 0.370. The Morgan fingerprint density at radius 1 is 1.11 bits per heavy atom. The summed E-state index contributed by atoms with van der Waals surface area (Å²) in [5, 5.41) is 3.22. The smallest absolute Gasteiger partial charge is 0.332 e. The van der Waals surface area contributed by atoms with Gasteiger partial charge in [-0.1, -0.05) is 6.07 Å². The Hall–Kier alpha value is -3.29. The fourth-order valence-electron chi connectivity index (χ4n) is 3.15. The van der Waals surface area contributed by atoms with Gasteiger partial charge in [-0.2, -0.15) is 0 Å². The number of amides is 1. The van der Waals surface area contributed by atoms with E-state index in [1.807, 2.05) is 6.92 Å². The normalized spacial score (nSPS) is 10.9. The van der Waals surface area contributed by atoms with Crippen LogP contribution in [0.2, 0.25) is 0 Å². The summed E-state index contributed by atoms with van der Waals surface area (Å²) >= 11 is 0. The predicted octanol–water partition coefficient (Wildman–Crippen LogP) is 1.65. The lowest BCUT2D eigenvalue weighted by atomic mass is 10.3. The number of aromatic nitrogens is 3. The third-order valence-corrected chi connectivity index (χ3v) is 4.43. The fourth-order valence-corrected chi connectivity index (χ4v) is 3.15. The molecule has 1 N–H and O–H groups in total. The number of rotatable bonds is 6. The first-order valence-electron chi connectivity index (χ1n) is 8.76. The maximum Gasteiger partial charge on any atom is 0.332 e. The van der Waals surface area contributed by atoms with Gasteiger partial charge in [-0.3, -0.25) is 18.7 Å². The second kappa shape index (κ2) is 7.53. The quantitative estimate of drug-likeness (QED) is 0.715. The van der Waals surface area contributed by atoms with E-state index < -0.39 is 0 Å². The standard InChI is InChI=1S/C19H22N4O4/c1-4-22-17-15(18(25)23(5-2)19(22)26)9-10-21(17)12-16(24)20-13-7-6-8-14(11-13)27-3/h6-11H,4-5,12H2,1-3H3,(H,20,24). The zero-order chi connectivity index (χ0) is 19.6. The topological polar surface area (TPSA) is 87.3 Å². The number of carbonyl (C=O) groups is 1. The van der Waals surface area contributed by atoms with Crippen LogP contribution in [0.1, 0.15) is 13.8 Å². The van der Waals surface area contributed by atoms with Crippen molar-refractivity contribution in [1.82, 2.24) is 13.7 Å². The molecule has 8 nitrogen and oxygen atoms in total. The van der Waals surface area contributed by atoms with Gasteiger partial charge in [0.25, 0.3) is 5.56 Å². The van der Waals surface area contributed by atoms with Crippen LogP contribution in [-0.4, -0.2) is 26.7 Å². The molecule has 0 aliphatic heterocycles. The third-order valence-electron chi connectivity index (χ3n) is 4.43. The molecule has 3 rings (SSSR count). The first-order valence-corrected chi connectivity index (χ1v) is 8.76. The minimum absolute atomic E-state index is 0.0181. The van der Waals surface area contributed by atoms with Crippen LogP contribution >= 0.6 is 0 Å². The highest BCUT2D eigenvalue weighted by Gasteiger charge is 2.16. The first kappa shape index (κ1) is 18.5. The Morgan fingerprint density at radius 2 is 1.85 bits per heavy atom.